The molecule has 2 aromatic carbocycles. The first-order valence-electron chi connectivity index (χ1n) is 5.35. The van der Waals surface area contributed by atoms with Crippen LogP contribution in [0.3, 0.4) is 0 Å². The highest BCUT2D eigenvalue weighted by Gasteiger charge is 2.34. The topological polar surface area (TPSA) is 20.2 Å². The van der Waals surface area contributed by atoms with Gasteiger partial charge in [0.15, 0.2) is 0 Å². The van der Waals surface area contributed by atoms with Crippen LogP contribution in [0.15, 0.2) is 42.5 Å². The van der Waals surface area contributed by atoms with E-state index in [1.54, 1.807) is 18.2 Å². The van der Waals surface area contributed by atoms with E-state index in [0.29, 0.717) is 5.56 Å². The minimum Gasteiger partial charge on any atom is -0.508 e. The number of aryl methyl sites for hydroxylation is 1. The fourth-order valence-corrected chi connectivity index (χ4v) is 1.83. The molecule has 0 atom stereocenters. The molecule has 0 radical (unpaired) electrons. The molecule has 0 amide bonds. The summed E-state index contributed by atoms with van der Waals surface area (Å²) >= 11 is 0. The zero-order valence-electron chi connectivity index (χ0n) is 9.62. The van der Waals surface area contributed by atoms with Gasteiger partial charge in [0.2, 0.25) is 0 Å². The molecule has 0 aliphatic rings. The first-order chi connectivity index (χ1) is 8.38. The summed E-state index contributed by atoms with van der Waals surface area (Å²) in [6, 6.07) is 10.1. The van der Waals surface area contributed by atoms with Crippen molar-refractivity contribution in [2.45, 2.75) is 13.1 Å². The summed E-state index contributed by atoms with van der Waals surface area (Å²) in [4.78, 5) is 0. The van der Waals surface area contributed by atoms with E-state index >= 15 is 0 Å². The van der Waals surface area contributed by atoms with Crippen LogP contribution in [0.2, 0.25) is 0 Å². The van der Waals surface area contributed by atoms with E-state index in [1.807, 2.05) is 13.0 Å². The number of halogens is 3. The van der Waals surface area contributed by atoms with Crippen LogP contribution in [0.25, 0.3) is 11.1 Å². The zero-order valence-corrected chi connectivity index (χ0v) is 9.62. The van der Waals surface area contributed by atoms with E-state index in [0.717, 1.165) is 11.6 Å². The Hall–Kier alpha value is -1.97. The highest BCUT2D eigenvalue weighted by Crippen LogP contribution is 2.38. The number of phenols is 1. The van der Waals surface area contributed by atoms with Crippen LogP contribution >= 0.6 is 0 Å². The third kappa shape index (κ3) is 2.47. The Kier molecular flexibility index (Phi) is 3.03. The summed E-state index contributed by atoms with van der Waals surface area (Å²) in [6.07, 6.45) is -4.49. The van der Waals surface area contributed by atoms with E-state index in [9.17, 15) is 18.3 Å². The second-order valence-electron chi connectivity index (χ2n) is 4.10. The molecule has 0 aliphatic carbocycles. The Bertz CT molecular complexity index is 573. The summed E-state index contributed by atoms with van der Waals surface area (Å²) in [7, 11) is 0. The first-order valence-corrected chi connectivity index (χ1v) is 5.35. The molecule has 1 N–H and O–H groups in total. The van der Waals surface area contributed by atoms with E-state index in [-0.39, 0.29) is 5.56 Å². The molecule has 0 heterocycles. The van der Waals surface area contributed by atoms with Gasteiger partial charge in [0.1, 0.15) is 5.75 Å². The maximum Gasteiger partial charge on any atom is 0.417 e. The van der Waals surface area contributed by atoms with Gasteiger partial charge in [0.25, 0.3) is 0 Å². The van der Waals surface area contributed by atoms with E-state index < -0.39 is 17.5 Å². The maximum atomic E-state index is 12.9. The third-order valence-corrected chi connectivity index (χ3v) is 2.64. The maximum absolute atomic E-state index is 12.9. The summed E-state index contributed by atoms with van der Waals surface area (Å²) in [5, 5.41) is 9.20. The molecule has 2 aromatic rings. The Balaban J connectivity index is 2.64. The van der Waals surface area contributed by atoms with Crippen LogP contribution in [0.4, 0.5) is 13.2 Å². The van der Waals surface area contributed by atoms with E-state index in [1.165, 1.54) is 12.1 Å². The number of hydrogen-bond acceptors (Lipinski definition) is 1. The summed E-state index contributed by atoms with van der Waals surface area (Å²) in [6.45, 7) is 1.82. The lowest BCUT2D eigenvalue weighted by atomic mass is 9.98. The second-order valence-corrected chi connectivity index (χ2v) is 4.10. The largest absolute Gasteiger partial charge is 0.508 e. The SMILES string of the molecule is Cc1cccc(-c2ccc(O)cc2C(F)(F)F)c1. The lowest BCUT2D eigenvalue weighted by molar-refractivity contribution is -0.137. The van der Waals surface area contributed by atoms with Crippen LogP contribution in [0.5, 0.6) is 5.75 Å². The fraction of sp³-hybridized carbons (Fsp3) is 0.143. The number of alkyl halides is 3. The number of hydrogen-bond donors (Lipinski definition) is 1. The molecule has 4 heteroatoms. The molecule has 0 saturated heterocycles. The van der Waals surface area contributed by atoms with Crippen LogP contribution in [-0.2, 0) is 6.18 Å². The second kappa shape index (κ2) is 4.37. The minimum absolute atomic E-state index is 0.0731. The molecule has 0 saturated carbocycles. The van der Waals surface area contributed by atoms with Crippen molar-refractivity contribution < 1.29 is 18.3 Å². The highest BCUT2D eigenvalue weighted by atomic mass is 19.4. The predicted octanol–water partition coefficient (Wildman–Crippen LogP) is 4.39. The summed E-state index contributed by atoms with van der Waals surface area (Å²) < 4.78 is 38.7. The quantitative estimate of drug-likeness (QED) is 0.798. The first kappa shape index (κ1) is 12.5. The molecule has 1 nitrogen and oxygen atoms in total. The van der Waals surface area contributed by atoms with Crippen LogP contribution in [0.1, 0.15) is 11.1 Å². The van der Waals surface area contributed by atoms with Crippen molar-refractivity contribution in [1.82, 2.24) is 0 Å². The van der Waals surface area contributed by atoms with Crippen molar-refractivity contribution in [3.05, 3.63) is 53.6 Å². The molecular formula is C14H11F3O. The smallest absolute Gasteiger partial charge is 0.417 e. The molecule has 0 unspecified atom stereocenters. The van der Waals surface area contributed by atoms with Crippen molar-refractivity contribution >= 4 is 0 Å². The molecule has 0 aliphatic heterocycles. The monoisotopic (exact) mass is 252 g/mol. The Labute approximate surface area is 103 Å². The Morgan fingerprint density at radius 2 is 1.72 bits per heavy atom. The van der Waals surface area contributed by atoms with Gasteiger partial charge in [-0.15, -0.1) is 0 Å². The van der Waals surface area contributed by atoms with Gasteiger partial charge in [-0.2, -0.15) is 13.2 Å². The van der Waals surface area contributed by atoms with Crippen LogP contribution in [-0.4, -0.2) is 5.11 Å². The van der Waals surface area contributed by atoms with E-state index in [4.69, 9.17) is 0 Å². The lowest BCUT2D eigenvalue weighted by Crippen LogP contribution is -2.07. The van der Waals surface area contributed by atoms with Gasteiger partial charge in [-0.05, 0) is 30.2 Å². The molecule has 0 spiro atoms. The number of phenolic OH excluding ortho intramolecular Hbond substituents is 1. The van der Waals surface area contributed by atoms with Gasteiger partial charge in [-0.3, -0.25) is 0 Å². The van der Waals surface area contributed by atoms with Crippen molar-refractivity contribution in [2.24, 2.45) is 0 Å². The predicted molar refractivity (Wildman–Crippen MR) is 63.3 cm³/mol. The Morgan fingerprint density at radius 1 is 1.00 bits per heavy atom. The highest BCUT2D eigenvalue weighted by molar-refractivity contribution is 5.69. The van der Waals surface area contributed by atoms with Crippen molar-refractivity contribution in [3.8, 4) is 16.9 Å². The minimum atomic E-state index is -4.49. The molecule has 18 heavy (non-hydrogen) atoms. The average Bonchev–Trinajstić information content (AvgIpc) is 2.27. The molecule has 2 rings (SSSR count). The van der Waals surface area contributed by atoms with Crippen LogP contribution < -0.4 is 0 Å². The molecule has 0 fully saturated rings. The van der Waals surface area contributed by atoms with Gasteiger partial charge in [0.05, 0.1) is 5.56 Å². The molecule has 0 aromatic heterocycles. The van der Waals surface area contributed by atoms with Crippen molar-refractivity contribution in [3.63, 3.8) is 0 Å². The standard InChI is InChI=1S/C14H11F3O/c1-9-3-2-4-10(7-9)12-6-5-11(18)8-13(12)14(15,16)17/h2-8,18H,1H3. The average molecular weight is 252 g/mol. The van der Waals surface area contributed by atoms with Crippen LogP contribution in [0, 0.1) is 6.92 Å². The molecular weight excluding hydrogens is 241 g/mol. The normalized spacial score (nSPS) is 11.6. The lowest BCUT2D eigenvalue weighted by Gasteiger charge is -2.13. The van der Waals surface area contributed by atoms with Gasteiger partial charge in [0, 0.05) is 0 Å². The fourth-order valence-electron chi connectivity index (χ4n) is 1.83. The zero-order chi connectivity index (χ0) is 13.3. The third-order valence-electron chi connectivity index (χ3n) is 2.64. The summed E-state index contributed by atoms with van der Waals surface area (Å²) in [5.41, 5.74) is 0.619. The Morgan fingerprint density at radius 3 is 2.33 bits per heavy atom. The van der Waals surface area contributed by atoms with Gasteiger partial charge in [-0.1, -0.05) is 35.9 Å². The van der Waals surface area contributed by atoms with Crippen molar-refractivity contribution in [2.75, 3.05) is 0 Å². The number of aromatic hydroxyl groups is 1. The van der Waals surface area contributed by atoms with Gasteiger partial charge >= 0.3 is 6.18 Å². The van der Waals surface area contributed by atoms with Gasteiger partial charge in [-0.25, -0.2) is 0 Å². The summed E-state index contributed by atoms with van der Waals surface area (Å²) in [5.74, 6) is -0.390. The molecule has 0 bridgehead atoms. The van der Waals surface area contributed by atoms with Crippen molar-refractivity contribution in [1.29, 1.82) is 0 Å². The number of benzene rings is 2. The number of rotatable bonds is 1. The van der Waals surface area contributed by atoms with Gasteiger partial charge < -0.3 is 5.11 Å². The molecule has 94 valence electrons. The van der Waals surface area contributed by atoms with E-state index in [2.05, 4.69) is 0 Å².